The maximum absolute atomic E-state index is 12.4. The number of carbonyl (C=O) groups is 1. The van der Waals surface area contributed by atoms with Crippen molar-refractivity contribution in [3.05, 3.63) is 23.8 Å². The maximum Gasteiger partial charge on any atom is 0.224 e. The Morgan fingerprint density at radius 3 is 2.57 bits per heavy atom. The van der Waals surface area contributed by atoms with Gasteiger partial charge in [-0.15, -0.1) is 0 Å². The molecule has 1 unspecified atom stereocenters. The number of ether oxygens (including phenoxy) is 2. The molecule has 1 aromatic rings. The molecule has 1 atom stereocenters. The van der Waals surface area contributed by atoms with Crippen molar-refractivity contribution in [2.45, 2.75) is 58.9 Å². The van der Waals surface area contributed by atoms with Gasteiger partial charge in [-0.3, -0.25) is 9.79 Å². The van der Waals surface area contributed by atoms with Crippen molar-refractivity contribution >= 4 is 11.9 Å². The van der Waals surface area contributed by atoms with E-state index in [2.05, 4.69) is 28.6 Å². The molecule has 0 saturated carbocycles. The fraction of sp³-hybridized carbons (Fsp3) is 0.652. The highest BCUT2D eigenvalue weighted by atomic mass is 16.5. The van der Waals surface area contributed by atoms with Crippen LogP contribution in [0.2, 0.25) is 0 Å². The van der Waals surface area contributed by atoms with Gasteiger partial charge in [-0.05, 0) is 64.2 Å². The molecule has 0 bridgehead atoms. The number of likely N-dealkylation sites (tertiary alicyclic amines) is 1. The molecule has 1 amide bonds. The Balaban J connectivity index is 1.75. The topological polar surface area (TPSA) is 75.2 Å². The van der Waals surface area contributed by atoms with Crippen LogP contribution in [0.25, 0.3) is 0 Å². The van der Waals surface area contributed by atoms with Gasteiger partial charge in [0.15, 0.2) is 17.5 Å². The van der Waals surface area contributed by atoms with E-state index in [1.165, 1.54) is 12.0 Å². The van der Waals surface area contributed by atoms with E-state index in [-0.39, 0.29) is 5.91 Å². The zero-order valence-corrected chi connectivity index (χ0v) is 19.0. The first-order valence-corrected chi connectivity index (χ1v) is 11.2. The van der Waals surface area contributed by atoms with Crippen LogP contribution in [0.1, 0.15) is 52.0 Å². The van der Waals surface area contributed by atoms with Gasteiger partial charge in [0.05, 0.1) is 13.2 Å². The van der Waals surface area contributed by atoms with Gasteiger partial charge in [0.1, 0.15) is 0 Å². The normalized spacial score (nSPS) is 16.9. The number of nitrogens with one attached hydrogen (secondary N) is 2. The second-order valence-corrected chi connectivity index (χ2v) is 7.50. The largest absolute Gasteiger partial charge is 0.490 e. The van der Waals surface area contributed by atoms with E-state index in [0.29, 0.717) is 38.2 Å². The molecule has 7 nitrogen and oxygen atoms in total. The summed E-state index contributed by atoms with van der Waals surface area (Å²) in [5.41, 5.74) is 1.17. The first-order chi connectivity index (χ1) is 14.6. The SMILES string of the molecule is CCOc1ccc(CCNC(=NC)NCCC(=O)N2CCCCC2C)cc1OCC. The highest BCUT2D eigenvalue weighted by Crippen LogP contribution is 2.28. The van der Waals surface area contributed by atoms with Crippen molar-refractivity contribution in [2.75, 3.05) is 39.9 Å². The first-order valence-electron chi connectivity index (χ1n) is 11.2. The van der Waals surface area contributed by atoms with Crippen molar-refractivity contribution < 1.29 is 14.3 Å². The monoisotopic (exact) mass is 418 g/mol. The summed E-state index contributed by atoms with van der Waals surface area (Å²) in [6, 6.07) is 6.41. The van der Waals surface area contributed by atoms with Crippen LogP contribution in [0, 0.1) is 0 Å². The summed E-state index contributed by atoms with van der Waals surface area (Å²) in [7, 11) is 1.74. The number of nitrogens with zero attached hydrogens (tertiary/aromatic N) is 2. The number of hydrogen-bond donors (Lipinski definition) is 2. The van der Waals surface area contributed by atoms with Gasteiger partial charge >= 0.3 is 0 Å². The summed E-state index contributed by atoms with van der Waals surface area (Å²) in [5, 5.41) is 6.56. The maximum atomic E-state index is 12.4. The van der Waals surface area contributed by atoms with Crippen LogP contribution in [-0.2, 0) is 11.2 Å². The van der Waals surface area contributed by atoms with Gasteiger partial charge in [-0.25, -0.2) is 0 Å². The van der Waals surface area contributed by atoms with Crippen LogP contribution < -0.4 is 20.1 Å². The Morgan fingerprint density at radius 1 is 1.13 bits per heavy atom. The lowest BCUT2D eigenvalue weighted by atomic mass is 10.0. The second kappa shape index (κ2) is 13.0. The molecule has 30 heavy (non-hydrogen) atoms. The van der Waals surface area contributed by atoms with Gasteiger partial charge in [0.2, 0.25) is 5.91 Å². The predicted molar refractivity (Wildman–Crippen MR) is 121 cm³/mol. The Hall–Kier alpha value is -2.44. The first kappa shape index (κ1) is 23.8. The third-order valence-electron chi connectivity index (χ3n) is 5.29. The van der Waals surface area contributed by atoms with Crippen LogP contribution >= 0.6 is 0 Å². The molecule has 7 heteroatoms. The molecule has 2 rings (SSSR count). The van der Waals surface area contributed by atoms with Crippen molar-refractivity contribution in [1.29, 1.82) is 0 Å². The highest BCUT2D eigenvalue weighted by Gasteiger charge is 2.22. The summed E-state index contributed by atoms with van der Waals surface area (Å²) < 4.78 is 11.3. The number of benzene rings is 1. The van der Waals surface area contributed by atoms with Gasteiger partial charge in [-0.1, -0.05) is 6.07 Å². The Labute approximate surface area is 181 Å². The molecule has 168 valence electrons. The number of hydrogen-bond acceptors (Lipinski definition) is 4. The molecule has 1 fully saturated rings. The number of carbonyl (C=O) groups excluding carboxylic acids is 1. The summed E-state index contributed by atoms with van der Waals surface area (Å²) in [5.74, 6) is 2.50. The molecule has 0 aliphatic carbocycles. The number of piperidine rings is 1. The second-order valence-electron chi connectivity index (χ2n) is 7.50. The zero-order valence-electron chi connectivity index (χ0n) is 19.0. The lowest BCUT2D eigenvalue weighted by Crippen LogP contribution is -2.44. The molecular weight excluding hydrogens is 380 g/mol. The van der Waals surface area contributed by atoms with E-state index in [1.54, 1.807) is 7.05 Å². The van der Waals surface area contributed by atoms with E-state index in [9.17, 15) is 4.79 Å². The van der Waals surface area contributed by atoms with Crippen LogP contribution in [-0.4, -0.2) is 62.7 Å². The third kappa shape index (κ3) is 7.43. The van der Waals surface area contributed by atoms with Crippen LogP contribution in [0.4, 0.5) is 0 Å². The minimum atomic E-state index is 0.225. The summed E-state index contributed by atoms with van der Waals surface area (Å²) >= 11 is 0. The highest BCUT2D eigenvalue weighted by molar-refractivity contribution is 5.81. The molecule has 1 saturated heterocycles. The van der Waals surface area contributed by atoms with E-state index >= 15 is 0 Å². The number of amides is 1. The van der Waals surface area contributed by atoms with Gasteiger partial charge in [-0.2, -0.15) is 0 Å². The molecule has 1 aliphatic heterocycles. The quantitative estimate of drug-likeness (QED) is 0.451. The molecular formula is C23H38N4O3. The third-order valence-corrected chi connectivity index (χ3v) is 5.29. The van der Waals surface area contributed by atoms with Crippen molar-refractivity contribution in [3.8, 4) is 11.5 Å². The number of rotatable bonds is 10. The van der Waals surface area contributed by atoms with Crippen molar-refractivity contribution in [3.63, 3.8) is 0 Å². The number of guanidine groups is 1. The molecule has 1 heterocycles. The summed E-state index contributed by atoms with van der Waals surface area (Å²) in [6.45, 7) is 9.50. The average molecular weight is 419 g/mol. The van der Waals surface area contributed by atoms with Crippen LogP contribution in [0.3, 0.4) is 0 Å². The standard InChI is InChI=1S/C23H38N4O3/c1-5-29-20-11-10-19(17-21(20)30-6-2)12-14-25-23(24-4)26-15-13-22(28)27-16-8-7-9-18(27)3/h10-11,17-18H,5-9,12-16H2,1-4H3,(H2,24,25,26). The van der Waals surface area contributed by atoms with E-state index in [1.807, 2.05) is 30.9 Å². The van der Waals surface area contributed by atoms with Crippen LogP contribution in [0.15, 0.2) is 23.2 Å². The average Bonchev–Trinajstić information content (AvgIpc) is 2.75. The van der Waals surface area contributed by atoms with Gasteiger partial charge in [0.25, 0.3) is 0 Å². The fourth-order valence-electron chi connectivity index (χ4n) is 3.70. The van der Waals surface area contributed by atoms with E-state index in [4.69, 9.17) is 9.47 Å². The lowest BCUT2D eigenvalue weighted by Gasteiger charge is -2.33. The van der Waals surface area contributed by atoms with Crippen molar-refractivity contribution in [2.24, 2.45) is 4.99 Å². The van der Waals surface area contributed by atoms with E-state index < -0.39 is 0 Å². The number of aliphatic imine (C=N–C) groups is 1. The molecule has 1 aromatic carbocycles. The predicted octanol–water partition coefficient (Wildman–Crippen LogP) is 2.98. The summed E-state index contributed by atoms with van der Waals surface area (Å²) in [4.78, 5) is 18.7. The molecule has 0 aromatic heterocycles. The van der Waals surface area contributed by atoms with Gasteiger partial charge < -0.3 is 25.0 Å². The zero-order chi connectivity index (χ0) is 21.8. The van der Waals surface area contributed by atoms with Crippen molar-refractivity contribution in [1.82, 2.24) is 15.5 Å². The molecule has 0 spiro atoms. The Bertz CT molecular complexity index is 693. The fourth-order valence-corrected chi connectivity index (χ4v) is 3.70. The Morgan fingerprint density at radius 2 is 1.87 bits per heavy atom. The molecule has 2 N–H and O–H groups in total. The van der Waals surface area contributed by atoms with Crippen LogP contribution in [0.5, 0.6) is 11.5 Å². The minimum Gasteiger partial charge on any atom is -0.490 e. The Kier molecular flexibility index (Phi) is 10.3. The smallest absolute Gasteiger partial charge is 0.224 e. The molecule has 1 aliphatic rings. The van der Waals surface area contributed by atoms with E-state index in [0.717, 1.165) is 43.9 Å². The minimum absolute atomic E-state index is 0.225. The lowest BCUT2D eigenvalue weighted by molar-refractivity contribution is -0.134. The van der Waals surface area contributed by atoms with Gasteiger partial charge in [0, 0.05) is 39.1 Å². The molecule has 0 radical (unpaired) electrons. The summed E-state index contributed by atoms with van der Waals surface area (Å²) in [6.07, 6.45) is 4.77.